The SMILES string of the molecule is Cc1nn(CCC(=O)Nc2nc3ccccc3n2C)cc1Br. The number of aromatic nitrogens is 4. The van der Waals surface area contributed by atoms with Crippen LogP contribution in [0.1, 0.15) is 12.1 Å². The number of hydrogen-bond donors (Lipinski definition) is 1. The molecule has 2 heterocycles. The van der Waals surface area contributed by atoms with E-state index < -0.39 is 0 Å². The van der Waals surface area contributed by atoms with Gasteiger partial charge in [-0.05, 0) is 35.0 Å². The summed E-state index contributed by atoms with van der Waals surface area (Å²) in [4.78, 5) is 16.5. The van der Waals surface area contributed by atoms with E-state index in [4.69, 9.17) is 0 Å². The second kappa shape index (κ2) is 5.92. The number of carbonyl (C=O) groups is 1. The average Bonchev–Trinajstić information content (AvgIpc) is 2.98. The van der Waals surface area contributed by atoms with Gasteiger partial charge in [-0.2, -0.15) is 5.10 Å². The Morgan fingerprint density at radius 1 is 1.36 bits per heavy atom. The largest absolute Gasteiger partial charge is 0.313 e. The average molecular weight is 362 g/mol. The quantitative estimate of drug-likeness (QED) is 0.776. The highest BCUT2D eigenvalue weighted by Gasteiger charge is 2.11. The molecule has 0 radical (unpaired) electrons. The van der Waals surface area contributed by atoms with Crippen LogP contribution in [0.5, 0.6) is 0 Å². The Morgan fingerprint density at radius 2 is 2.14 bits per heavy atom. The highest BCUT2D eigenvalue weighted by molar-refractivity contribution is 9.10. The fourth-order valence-corrected chi connectivity index (χ4v) is 2.58. The maximum atomic E-state index is 12.1. The zero-order valence-electron chi connectivity index (χ0n) is 12.4. The van der Waals surface area contributed by atoms with Crippen molar-refractivity contribution in [2.45, 2.75) is 19.9 Å². The van der Waals surface area contributed by atoms with Crippen LogP contribution in [0, 0.1) is 6.92 Å². The first-order valence-corrected chi connectivity index (χ1v) is 7.75. The van der Waals surface area contributed by atoms with E-state index in [0.717, 1.165) is 21.2 Å². The monoisotopic (exact) mass is 361 g/mol. The zero-order chi connectivity index (χ0) is 15.7. The Balaban J connectivity index is 1.66. The number of carbonyl (C=O) groups excluding carboxylic acids is 1. The summed E-state index contributed by atoms with van der Waals surface area (Å²) >= 11 is 3.41. The minimum absolute atomic E-state index is 0.0809. The van der Waals surface area contributed by atoms with Gasteiger partial charge >= 0.3 is 0 Å². The number of benzene rings is 1. The summed E-state index contributed by atoms with van der Waals surface area (Å²) in [5.41, 5.74) is 2.77. The molecule has 0 atom stereocenters. The molecule has 0 aliphatic rings. The van der Waals surface area contributed by atoms with Gasteiger partial charge in [0.1, 0.15) is 0 Å². The summed E-state index contributed by atoms with van der Waals surface area (Å²) in [6, 6.07) is 7.78. The zero-order valence-corrected chi connectivity index (χ0v) is 14.0. The number of anilines is 1. The summed E-state index contributed by atoms with van der Waals surface area (Å²) in [6.45, 7) is 2.45. The molecule has 0 aliphatic carbocycles. The van der Waals surface area contributed by atoms with E-state index in [1.807, 2.05) is 49.0 Å². The molecule has 0 unspecified atom stereocenters. The van der Waals surface area contributed by atoms with Crippen molar-refractivity contribution in [2.24, 2.45) is 7.05 Å². The molecule has 22 heavy (non-hydrogen) atoms. The van der Waals surface area contributed by atoms with Crippen LogP contribution in [-0.2, 0) is 18.4 Å². The molecule has 2 aromatic heterocycles. The van der Waals surface area contributed by atoms with Crippen molar-refractivity contribution in [1.82, 2.24) is 19.3 Å². The van der Waals surface area contributed by atoms with Crippen LogP contribution in [0.3, 0.4) is 0 Å². The Kier molecular flexibility index (Phi) is 3.98. The maximum absolute atomic E-state index is 12.1. The van der Waals surface area contributed by atoms with Gasteiger partial charge in [0.25, 0.3) is 0 Å². The molecule has 7 heteroatoms. The maximum Gasteiger partial charge on any atom is 0.228 e. The van der Waals surface area contributed by atoms with Crippen LogP contribution in [0.4, 0.5) is 5.95 Å². The third-order valence-electron chi connectivity index (χ3n) is 3.49. The normalized spacial score (nSPS) is 11.0. The molecule has 0 spiro atoms. The van der Waals surface area contributed by atoms with Crippen molar-refractivity contribution < 1.29 is 4.79 Å². The number of amides is 1. The number of nitrogens with zero attached hydrogens (tertiary/aromatic N) is 4. The summed E-state index contributed by atoms with van der Waals surface area (Å²) < 4.78 is 4.58. The first-order chi connectivity index (χ1) is 10.5. The molecule has 3 aromatic rings. The van der Waals surface area contributed by atoms with Crippen LogP contribution in [-0.4, -0.2) is 25.2 Å². The van der Waals surface area contributed by atoms with Gasteiger partial charge in [-0.1, -0.05) is 12.1 Å². The lowest BCUT2D eigenvalue weighted by Gasteiger charge is -2.05. The van der Waals surface area contributed by atoms with E-state index in [9.17, 15) is 4.79 Å². The van der Waals surface area contributed by atoms with Crippen LogP contribution in [0.25, 0.3) is 11.0 Å². The number of rotatable bonds is 4. The summed E-state index contributed by atoms with van der Waals surface area (Å²) in [5.74, 6) is 0.478. The molecule has 114 valence electrons. The molecule has 1 N–H and O–H groups in total. The smallest absolute Gasteiger partial charge is 0.228 e. The van der Waals surface area contributed by atoms with Gasteiger partial charge in [-0.25, -0.2) is 4.98 Å². The van der Waals surface area contributed by atoms with E-state index in [-0.39, 0.29) is 5.91 Å². The molecule has 1 aromatic carbocycles. The highest BCUT2D eigenvalue weighted by Crippen LogP contribution is 2.18. The Morgan fingerprint density at radius 3 is 2.82 bits per heavy atom. The minimum Gasteiger partial charge on any atom is -0.313 e. The molecule has 1 amide bonds. The van der Waals surface area contributed by atoms with Crippen molar-refractivity contribution in [2.75, 3.05) is 5.32 Å². The van der Waals surface area contributed by atoms with Crippen molar-refractivity contribution in [3.05, 3.63) is 40.6 Å². The van der Waals surface area contributed by atoms with Gasteiger partial charge in [0, 0.05) is 26.2 Å². The van der Waals surface area contributed by atoms with Crippen molar-refractivity contribution in [3.8, 4) is 0 Å². The van der Waals surface area contributed by atoms with Gasteiger partial charge in [-0.3, -0.25) is 14.8 Å². The number of aryl methyl sites for hydroxylation is 3. The molecule has 0 fully saturated rings. The first-order valence-electron chi connectivity index (χ1n) is 6.95. The van der Waals surface area contributed by atoms with Gasteiger partial charge in [-0.15, -0.1) is 0 Å². The van der Waals surface area contributed by atoms with Gasteiger partial charge in [0.05, 0.1) is 21.2 Å². The molecule has 0 saturated heterocycles. The van der Waals surface area contributed by atoms with Crippen molar-refractivity contribution in [1.29, 1.82) is 0 Å². The van der Waals surface area contributed by atoms with Crippen molar-refractivity contribution in [3.63, 3.8) is 0 Å². The Labute approximate surface area is 136 Å². The van der Waals surface area contributed by atoms with Crippen LogP contribution in [0.2, 0.25) is 0 Å². The first kappa shape index (κ1) is 14.8. The van der Waals surface area contributed by atoms with Crippen LogP contribution in [0.15, 0.2) is 34.9 Å². The standard InChI is InChI=1S/C15H16BrN5O/c1-10-11(16)9-21(19-10)8-7-14(22)18-15-17-12-5-3-4-6-13(12)20(15)2/h3-6,9H,7-8H2,1-2H3,(H,17,18,22). The van der Waals surface area contributed by atoms with Gasteiger partial charge < -0.3 is 4.57 Å². The van der Waals surface area contributed by atoms with Crippen molar-refractivity contribution >= 4 is 38.8 Å². The molecule has 3 rings (SSSR count). The molecule has 0 bridgehead atoms. The molecular weight excluding hydrogens is 346 g/mol. The third kappa shape index (κ3) is 2.89. The van der Waals surface area contributed by atoms with Crippen LogP contribution >= 0.6 is 15.9 Å². The highest BCUT2D eigenvalue weighted by atomic mass is 79.9. The lowest BCUT2D eigenvalue weighted by Crippen LogP contribution is -2.17. The minimum atomic E-state index is -0.0809. The predicted octanol–water partition coefficient (Wildman–Crippen LogP) is 2.87. The number of para-hydroxylation sites is 2. The third-order valence-corrected chi connectivity index (χ3v) is 4.27. The molecule has 0 saturated carbocycles. The number of nitrogens with one attached hydrogen (secondary N) is 1. The number of hydrogen-bond acceptors (Lipinski definition) is 3. The summed E-state index contributed by atoms with van der Waals surface area (Å²) in [7, 11) is 1.89. The second-order valence-corrected chi connectivity index (χ2v) is 5.96. The fraction of sp³-hybridized carbons (Fsp3) is 0.267. The summed E-state index contributed by atoms with van der Waals surface area (Å²) in [6.07, 6.45) is 2.22. The van der Waals surface area contributed by atoms with E-state index in [1.54, 1.807) is 4.68 Å². The van der Waals surface area contributed by atoms with E-state index in [1.165, 1.54) is 0 Å². The lowest BCUT2D eigenvalue weighted by molar-refractivity contribution is -0.116. The number of imidazole rings is 1. The van der Waals surface area contributed by atoms with E-state index >= 15 is 0 Å². The Bertz CT molecular complexity index is 816. The molecular formula is C15H16BrN5O. The van der Waals surface area contributed by atoms with Gasteiger partial charge in [0.15, 0.2) is 0 Å². The van der Waals surface area contributed by atoms with Gasteiger partial charge in [0.2, 0.25) is 11.9 Å². The van der Waals surface area contributed by atoms with E-state index in [0.29, 0.717) is 18.9 Å². The topological polar surface area (TPSA) is 64.7 Å². The molecule has 0 aliphatic heterocycles. The Hall–Kier alpha value is -2.15. The summed E-state index contributed by atoms with van der Waals surface area (Å²) in [5, 5.41) is 7.16. The fourth-order valence-electron chi connectivity index (χ4n) is 2.27. The molecule has 6 nitrogen and oxygen atoms in total. The second-order valence-electron chi connectivity index (χ2n) is 5.11. The number of halogens is 1. The van der Waals surface area contributed by atoms with E-state index in [2.05, 4.69) is 31.3 Å². The number of fused-ring (bicyclic) bond motifs is 1. The lowest BCUT2D eigenvalue weighted by atomic mass is 10.3. The van der Waals surface area contributed by atoms with Crippen LogP contribution < -0.4 is 5.32 Å². The predicted molar refractivity (Wildman–Crippen MR) is 88.6 cm³/mol.